The lowest BCUT2D eigenvalue weighted by Gasteiger charge is -2.42. The highest BCUT2D eigenvalue weighted by Crippen LogP contribution is 2.41. The minimum Gasteiger partial charge on any atom is -0.469 e. The predicted molar refractivity (Wildman–Crippen MR) is 110 cm³/mol. The topological polar surface area (TPSA) is 72.9 Å². The van der Waals surface area contributed by atoms with Crippen molar-refractivity contribution in [3.8, 4) is 0 Å². The molecule has 0 saturated carbocycles. The van der Waals surface area contributed by atoms with E-state index in [4.69, 9.17) is 9.47 Å². The fourth-order valence-corrected chi connectivity index (χ4v) is 4.74. The molecule has 2 fully saturated rings. The fourth-order valence-electron chi connectivity index (χ4n) is 4.74. The summed E-state index contributed by atoms with van der Waals surface area (Å²) < 4.78 is 10.8. The van der Waals surface area contributed by atoms with Gasteiger partial charge in [0.25, 0.3) is 0 Å². The second kappa shape index (κ2) is 8.79. The summed E-state index contributed by atoms with van der Waals surface area (Å²) in [7, 11) is 1.35. The van der Waals surface area contributed by atoms with Crippen LogP contribution in [0.4, 0.5) is 0 Å². The lowest BCUT2D eigenvalue weighted by molar-refractivity contribution is -0.156. The van der Waals surface area contributed by atoms with Crippen LogP contribution >= 0.6 is 0 Å². The molecule has 0 radical (unpaired) electrons. The molecule has 2 aliphatic rings. The molecule has 2 heterocycles. The van der Waals surface area contributed by atoms with E-state index in [1.54, 1.807) is 36.4 Å². The van der Waals surface area contributed by atoms with Crippen molar-refractivity contribution in [2.24, 2.45) is 5.92 Å². The van der Waals surface area contributed by atoms with E-state index >= 15 is 0 Å². The summed E-state index contributed by atoms with van der Waals surface area (Å²) in [6.07, 6.45) is 1.58. The van der Waals surface area contributed by atoms with Gasteiger partial charge >= 0.3 is 11.9 Å². The SMILES string of the molecule is COC(=O)C1C(OC(=O)c2ccccc2)CC2CCC1N2CC(=O)c1ccccc1. The van der Waals surface area contributed by atoms with Crippen molar-refractivity contribution in [1.29, 1.82) is 0 Å². The lowest BCUT2D eigenvalue weighted by Crippen LogP contribution is -2.56. The van der Waals surface area contributed by atoms with Crippen LogP contribution in [0.5, 0.6) is 0 Å². The number of nitrogens with zero attached hydrogens (tertiary/aromatic N) is 1. The Kier molecular flexibility index (Phi) is 5.95. The van der Waals surface area contributed by atoms with E-state index < -0.39 is 24.0 Å². The Balaban J connectivity index is 1.53. The maximum Gasteiger partial charge on any atom is 0.338 e. The summed E-state index contributed by atoms with van der Waals surface area (Å²) in [5, 5.41) is 0. The Morgan fingerprint density at radius 1 is 0.933 bits per heavy atom. The zero-order chi connectivity index (χ0) is 21.1. The number of carbonyl (C=O) groups is 3. The summed E-state index contributed by atoms with van der Waals surface area (Å²) in [6, 6.07) is 17.8. The van der Waals surface area contributed by atoms with Crippen molar-refractivity contribution >= 4 is 17.7 Å². The Hall–Kier alpha value is -2.99. The summed E-state index contributed by atoms with van der Waals surface area (Å²) in [6.45, 7) is 0.242. The van der Waals surface area contributed by atoms with Gasteiger partial charge in [-0.15, -0.1) is 0 Å². The van der Waals surface area contributed by atoms with Crippen LogP contribution in [0.3, 0.4) is 0 Å². The molecule has 2 aliphatic heterocycles. The zero-order valence-electron chi connectivity index (χ0n) is 16.9. The first-order valence-corrected chi connectivity index (χ1v) is 10.3. The van der Waals surface area contributed by atoms with Crippen molar-refractivity contribution in [3.63, 3.8) is 0 Å². The smallest absolute Gasteiger partial charge is 0.338 e. The number of hydrogen-bond acceptors (Lipinski definition) is 6. The number of ketones is 1. The highest BCUT2D eigenvalue weighted by molar-refractivity contribution is 5.97. The fraction of sp³-hybridized carbons (Fsp3) is 0.375. The van der Waals surface area contributed by atoms with Crippen LogP contribution in [-0.4, -0.2) is 54.5 Å². The Morgan fingerprint density at radius 2 is 1.57 bits per heavy atom. The van der Waals surface area contributed by atoms with E-state index in [0.29, 0.717) is 17.5 Å². The van der Waals surface area contributed by atoms with Gasteiger partial charge in [-0.2, -0.15) is 0 Å². The predicted octanol–water partition coefficient (Wildman–Crippen LogP) is 3.12. The van der Waals surface area contributed by atoms with Crippen LogP contribution in [0.1, 0.15) is 40.0 Å². The van der Waals surface area contributed by atoms with Crippen molar-refractivity contribution in [1.82, 2.24) is 4.90 Å². The third kappa shape index (κ3) is 4.00. The first-order valence-electron chi connectivity index (χ1n) is 10.3. The largest absolute Gasteiger partial charge is 0.469 e. The van der Waals surface area contributed by atoms with Gasteiger partial charge in [-0.1, -0.05) is 48.5 Å². The van der Waals surface area contributed by atoms with Gasteiger partial charge < -0.3 is 9.47 Å². The third-order valence-corrected chi connectivity index (χ3v) is 6.17. The average Bonchev–Trinajstić information content (AvgIpc) is 3.05. The van der Waals surface area contributed by atoms with Crippen molar-refractivity contribution in [2.45, 2.75) is 37.5 Å². The normalized spacial score (nSPS) is 25.5. The van der Waals surface area contributed by atoms with Crippen LogP contribution in [0, 0.1) is 5.92 Å². The van der Waals surface area contributed by atoms with Crippen LogP contribution in [0.25, 0.3) is 0 Å². The van der Waals surface area contributed by atoms with E-state index in [2.05, 4.69) is 4.90 Å². The average molecular weight is 407 g/mol. The molecule has 2 bridgehead atoms. The van der Waals surface area contributed by atoms with Crippen molar-refractivity contribution in [2.75, 3.05) is 13.7 Å². The highest BCUT2D eigenvalue weighted by atomic mass is 16.6. The first-order chi connectivity index (χ1) is 14.6. The Morgan fingerprint density at radius 3 is 2.20 bits per heavy atom. The maximum atomic E-state index is 12.8. The molecule has 2 saturated heterocycles. The first kappa shape index (κ1) is 20.3. The molecule has 0 aliphatic carbocycles. The second-order valence-electron chi connectivity index (χ2n) is 7.85. The molecule has 30 heavy (non-hydrogen) atoms. The van der Waals surface area contributed by atoms with Gasteiger partial charge in [-0.05, 0) is 25.0 Å². The van der Waals surface area contributed by atoms with E-state index in [9.17, 15) is 14.4 Å². The van der Waals surface area contributed by atoms with Crippen LogP contribution in [0.15, 0.2) is 60.7 Å². The summed E-state index contributed by atoms with van der Waals surface area (Å²) in [5.41, 5.74) is 1.11. The summed E-state index contributed by atoms with van der Waals surface area (Å²) in [5.74, 6) is -1.42. The van der Waals surface area contributed by atoms with Crippen molar-refractivity contribution in [3.05, 3.63) is 71.8 Å². The van der Waals surface area contributed by atoms with Crippen molar-refractivity contribution < 1.29 is 23.9 Å². The van der Waals surface area contributed by atoms with E-state index in [1.165, 1.54) is 7.11 Å². The Bertz CT molecular complexity index is 914. The number of Topliss-reactive ketones (excluding diaryl/α,β-unsaturated/α-hetero) is 1. The van der Waals surface area contributed by atoms with Gasteiger partial charge in [-0.3, -0.25) is 14.5 Å². The minimum atomic E-state index is -0.606. The van der Waals surface area contributed by atoms with Gasteiger partial charge in [0.1, 0.15) is 12.0 Å². The van der Waals surface area contributed by atoms with Gasteiger partial charge in [0.05, 0.1) is 19.2 Å². The number of methoxy groups -OCH3 is 1. The molecule has 0 amide bonds. The van der Waals surface area contributed by atoms with E-state index in [0.717, 1.165) is 12.8 Å². The quantitative estimate of drug-likeness (QED) is 0.541. The zero-order valence-corrected chi connectivity index (χ0v) is 16.9. The lowest BCUT2D eigenvalue weighted by atomic mass is 9.86. The van der Waals surface area contributed by atoms with Gasteiger partial charge in [0.15, 0.2) is 5.78 Å². The molecule has 2 aromatic carbocycles. The number of benzene rings is 2. The molecular formula is C24H25NO5. The molecule has 0 N–H and O–H groups in total. The molecule has 6 heteroatoms. The van der Waals surface area contributed by atoms with Gasteiger partial charge in [0, 0.05) is 24.1 Å². The summed E-state index contributed by atoms with van der Waals surface area (Å²) in [4.78, 5) is 40.1. The number of piperidine rings is 1. The van der Waals surface area contributed by atoms with Crippen LogP contribution in [0.2, 0.25) is 0 Å². The molecule has 6 nitrogen and oxygen atoms in total. The molecule has 4 unspecified atom stereocenters. The molecule has 0 spiro atoms. The number of esters is 2. The number of ether oxygens (including phenoxy) is 2. The highest BCUT2D eigenvalue weighted by Gasteiger charge is 2.52. The molecule has 2 aromatic rings. The number of hydrogen-bond donors (Lipinski definition) is 0. The van der Waals surface area contributed by atoms with Crippen LogP contribution in [-0.2, 0) is 14.3 Å². The second-order valence-corrected chi connectivity index (χ2v) is 7.85. The molecule has 4 rings (SSSR count). The number of rotatable bonds is 6. The number of carbonyl (C=O) groups excluding carboxylic acids is 3. The molecule has 0 aromatic heterocycles. The van der Waals surface area contributed by atoms with E-state index in [-0.39, 0.29) is 24.4 Å². The maximum absolute atomic E-state index is 12.8. The van der Waals surface area contributed by atoms with Gasteiger partial charge in [0.2, 0.25) is 0 Å². The monoisotopic (exact) mass is 407 g/mol. The third-order valence-electron chi connectivity index (χ3n) is 6.17. The Labute approximate surface area is 175 Å². The van der Waals surface area contributed by atoms with E-state index in [1.807, 2.05) is 24.3 Å². The molecule has 156 valence electrons. The molecular weight excluding hydrogens is 382 g/mol. The minimum absolute atomic E-state index is 0.0239. The van der Waals surface area contributed by atoms with Gasteiger partial charge in [-0.25, -0.2) is 4.79 Å². The standard InChI is InChI=1S/C24H25NO5/c1-29-24(28)22-19-13-12-18(25(19)15-20(26)16-8-4-2-5-9-16)14-21(22)30-23(27)17-10-6-3-7-11-17/h2-11,18-19,21-22H,12-15H2,1H3. The number of fused-ring (bicyclic) bond motifs is 2. The molecule has 4 atom stereocenters. The summed E-state index contributed by atoms with van der Waals surface area (Å²) >= 11 is 0. The van der Waals surface area contributed by atoms with Crippen LogP contribution < -0.4 is 0 Å².